The average Bonchev–Trinajstić information content (AvgIpc) is 1.62. The summed E-state index contributed by atoms with van der Waals surface area (Å²) in [6.07, 6.45) is 42.1. The van der Waals surface area contributed by atoms with E-state index in [1.165, 1.54) is 277 Å². The van der Waals surface area contributed by atoms with Crippen molar-refractivity contribution >= 4 is 17.1 Å². The zero-order valence-electron chi connectivity index (χ0n) is 52.1. The number of hydrogen-bond acceptors (Lipinski definition) is 1. The third-order valence-corrected chi connectivity index (χ3v) is 22.7. The van der Waals surface area contributed by atoms with Crippen LogP contribution in [-0.4, -0.2) is 0 Å². The molecule has 0 atom stereocenters. The maximum Gasteiger partial charge on any atom is 0.0714 e. The summed E-state index contributed by atoms with van der Waals surface area (Å²) in [7, 11) is 0. The molecule has 0 saturated heterocycles. The van der Waals surface area contributed by atoms with E-state index in [0.29, 0.717) is 29.6 Å². The Morgan fingerprint density at radius 3 is 1.17 bits per heavy atom. The zero-order chi connectivity index (χ0) is 57.5. The fourth-order valence-electron chi connectivity index (χ4n) is 18.1. The van der Waals surface area contributed by atoms with Gasteiger partial charge in [0.15, 0.2) is 0 Å². The second kappa shape index (κ2) is 26.9. The van der Waals surface area contributed by atoms with Gasteiger partial charge < -0.3 is 4.90 Å². The average molecular weight is 1130 g/mol. The number of fused-ring (bicyclic) bond motifs is 3. The van der Waals surface area contributed by atoms with Gasteiger partial charge in [0.05, 0.1) is 11.1 Å². The molecule has 0 bridgehead atoms. The van der Waals surface area contributed by atoms with Crippen molar-refractivity contribution < 1.29 is 0 Å². The molecule has 442 valence electrons. The second-order valence-corrected chi connectivity index (χ2v) is 27.9. The van der Waals surface area contributed by atoms with Crippen LogP contribution >= 0.6 is 0 Å². The van der Waals surface area contributed by atoms with Gasteiger partial charge in [-0.15, -0.1) is 0 Å². The molecule has 8 aromatic rings. The lowest BCUT2D eigenvalue weighted by molar-refractivity contribution is 0.442. The van der Waals surface area contributed by atoms with E-state index in [0.717, 1.165) is 0 Å². The Morgan fingerprint density at radius 2 is 0.663 bits per heavy atom. The van der Waals surface area contributed by atoms with Gasteiger partial charge in [-0.25, -0.2) is 0 Å². The maximum absolute atomic E-state index is 2.83. The number of rotatable bonds is 12. The van der Waals surface area contributed by atoms with Crippen LogP contribution in [0.4, 0.5) is 17.1 Å². The Balaban J connectivity index is 0.950. The number of para-hydroxylation sites is 1. The SMILES string of the molecule is c1ccc(-c2ccccc2N(c2ccc(-c3c(C4CCCCCCC4)cc(C4CCCCCCC4)cc3C3CCCCCCC3)cc2)c2ccc3c(c2)C(c2ccc(C4CCCCC4)cc2)(c2ccc(C4CCCCC4)cc2)c2ccccc2-3)cc1. The lowest BCUT2D eigenvalue weighted by atomic mass is 9.67. The van der Waals surface area contributed by atoms with Crippen LogP contribution < -0.4 is 4.90 Å². The highest BCUT2D eigenvalue weighted by atomic mass is 15.1. The van der Waals surface area contributed by atoms with Gasteiger partial charge in [0, 0.05) is 16.9 Å². The molecule has 1 heteroatoms. The molecule has 6 aliphatic rings. The van der Waals surface area contributed by atoms with Gasteiger partial charge in [-0.05, 0) is 202 Å². The normalized spacial score (nSPS) is 19.7. The summed E-state index contributed by atoms with van der Waals surface area (Å²) in [5.41, 5.74) is 24.9. The molecule has 0 heterocycles. The molecule has 0 aromatic heterocycles. The molecule has 0 aliphatic heterocycles. The quantitative estimate of drug-likeness (QED) is 0.118. The van der Waals surface area contributed by atoms with Gasteiger partial charge in [-0.3, -0.25) is 0 Å². The zero-order valence-corrected chi connectivity index (χ0v) is 52.1. The standard InChI is InChI=1S/C85H97N/c1-4-13-33-64(34-14-5-1)71-59-79(68-37-15-6-2-7-16-38-68)84(80(60-71)69-39-17-8-3-9-18-40-69)70-49-55-74(56-50-70)86(83-44-28-26-41-76(83)67-35-23-12-24-36-67)75-57-58-78-77-42-25-27-43-81(77)85(82(78)61-75,72-51-45-65(46-52-72)62-29-19-10-20-30-62)73-53-47-66(48-54-73)63-31-21-11-22-32-63/h12,23-28,35-36,41-64,68-69H,1-11,13-22,29-34,37-40H2. The van der Waals surface area contributed by atoms with E-state index in [4.69, 9.17) is 0 Å². The number of hydrogen-bond donors (Lipinski definition) is 0. The smallest absolute Gasteiger partial charge is 0.0714 e. The largest absolute Gasteiger partial charge is 0.310 e. The Bertz CT molecular complexity index is 3370. The summed E-state index contributed by atoms with van der Waals surface area (Å²) in [5, 5.41) is 0. The lowest BCUT2D eigenvalue weighted by Crippen LogP contribution is -2.29. The minimum absolute atomic E-state index is 0.518. The van der Waals surface area contributed by atoms with E-state index in [9.17, 15) is 0 Å². The molecule has 5 fully saturated rings. The van der Waals surface area contributed by atoms with Crippen molar-refractivity contribution in [1.82, 2.24) is 0 Å². The Kier molecular flexibility index (Phi) is 17.9. The van der Waals surface area contributed by atoms with Gasteiger partial charge in [-0.2, -0.15) is 0 Å². The summed E-state index contributed by atoms with van der Waals surface area (Å²) < 4.78 is 0. The van der Waals surface area contributed by atoms with Crippen molar-refractivity contribution in [2.45, 2.75) is 234 Å². The topological polar surface area (TPSA) is 3.24 Å². The highest BCUT2D eigenvalue weighted by Gasteiger charge is 2.47. The number of benzene rings is 8. The van der Waals surface area contributed by atoms with Crippen LogP contribution in [0.15, 0.2) is 182 Å². The van der Waals surface area contributed by atoms with E-state index >= 15 is 0 Å². The molecule has 86 heavy (non-hydrogen) atoms. The van der Waals surface area contributed by atoms with Crippen LogP contribution in [0.25, 0.3) is 33.4 Å². The van der Waals surface area contributed by atoms with E-state index < -0.39 is 5.41 Å². The third kappa shape index (κ3) is 11.8. The molecule has 8 aromatic carbocycles. The van der Waals surface area contributed by atoms with Crippen molar-refractivity contribution in [1.29, 1.82) is 0 Å². The Hall–Kier alpha value is -6.44. The first kappa shape index (κ1) is 57.3. The van der Waals surface area contributed by atoms with Crippen molar-refractivity contribution in [3.63, 3.8) is 0 Å². The molecule has 0 amide bonds. The molecule has 0 N–H and O–H groups in total. The van der Waals surface area contributed by atoms with Crippen molar-refractivity contribution in [3.05, 3.63) is 232 Å². The van der Waals surface area contributed by atoms with Crippen LogP contribution in [0.2, 0.25) is 0 Å². The highest BCUT2D eigenvalue weighted by molar-refractivity contribution is 5.93. The lowest BCUT2D eigenvalue weighted by Gasteiger charge is -2.36. The molecule has 1 nitrogen and oxygen atoms in total. The van der Waals surface area contributed by atoms with Crippen LogP contribution in [0.5, 0.6) is 0 Å². The van der Waals surface area contributed by atoms with Crippen LogP contribution in [0.3, 0.4) is 0 Å². The van der Waals surface area contributed by atoms with Gasteiger partial charge in [-0.1, -0.05) is 286 Å². The fraction of sp³-hybridized carbons (Fsp3) is 0.435. The van der Waals surface area contributed by atoms with Crippen molar-refractivity contribution in [3.8, 4) is 33.4 Å². The number of nitrogens with zero attached hydrogens (tertiary/aromatic N) is 1. The van der Waals surface area contributed by atoms with E-state index in [-0.39, 0.29) is 0 Å². The predicted molar refractivity (Wildman–Crippen MR) is 366 cm³/mol. The number of anilines is 3. The molecular weight excluding hydrogens is 1030 g/mol. The highest BCUT2D eigenvalue weighted by Crippen LogP contribution is 2.58. The second-order valence-electron chi connectivity index (χ2n) is 27.9. The predicted octanol–water partition coefficient (Wildman–Crippen LogP) is 25.4. The molecule has 0 radical (unpaired) electrons. The van der Waals surface area contributed by atoms with Gasteiger partial charge >= 0.3 is 0 Å². The molecular formula is C85H97N. The Morgan fingerprint density at radius 1 is 0.267 bits per heavy atom. The van der Waals surface area contributed by atoms with Crippen molar-refractivity contribution in [2.75, 3.05) is 4.90 Å². The van der Waals surface area contributed by atoms with Gasteiger partial charge in [0.25, 0.3) is 0 Å². The summed E-state index contributed by atoms with van der Waals surface area (Å²) in [6, 6.07) is 73.5. The summed E-state index contributed by atoms with van der Waals surface area (Å²) in [6.45, 7) is 0. The minimum Gasteiger partial charge on any atom is -0.310 e. The first-order valence-electron chi connectivity index (χ1n) is 35.4. The fourth-order valence-corrected chi connectivity index (χ4v) is 18.1. The molecule has 0 unspecified atom stereocenters. The summed E-state index contributed by atoms with van der Waals surface area (Å²) >= 11 is 0. The summed E-state index contributed by atoms with van der Waals surface area (Å²) in [5.74, 6) is 3.22. The molecule has 0 spiro atoms. The van der Waals surface area contributed by atoms with Gasteiger partial charge in [0.1, 0.15) is 0 Å². The summed E-state index contributed by atoms with van der Waals surface area (Å²) in [4.78, 5) is 2.63. The molecule has 14 rings (SSSR count). The first-order valence-corrected chi connectivity index (χ1v) is 35.4. The third-order valence-electron chi connectivity index (χ3n) is 22.7. The van der Waals surface area contributed by atoms with Crippen LogP contribution in [-0.2, 0) is 5.41 Å². The molecule has 5 saturated carbocycles. The van der Waals surface area contributed by atoms with Gasteiger partial charge in [0.2, 0.25) is 0 Å². The first-order chi connectivity index (χ1) is 42.7. The van der Waals surface area contributed by atoms with Crippen molar-refractivity contribution in [2.24, 2.45) is 0 Å². The van der Waals surface area contributed by atoms with E-state index in [2.05, 4.69) is 187 Å². The molecule has 6 aliphatic carbocycles. The van der Waals surface area contributed by atoms with Crippen LogP contribution in [0, 0.1) is 0 Å². The van der Waals surface area contributed by atoms with E-state index in [1.54, 1.807) is 22.3 Å². The monoisotopic (exact) mass is 1130 g/mol. The van der Waals surface area contributed by atoms with Crippen LogP contribution in [0.1, 0.15) is 279 Å². The van der Waals surface area contributed by atoms with E-state index in [1.807, 2.05) is 0 Å². The minimum atomic E-state index is -0.518. The maximum atomic E-state index is 2.83. The Labute approximate surface area is 518 Å².